The molecule has 2 aromatic rings. The Kier molecular flexibility index (Phi) is 3.72. The molecule has 108 valence electrons. The first-order valence-electron chi connectivity index (χ1n) is 7.03. The number of anilines is 1. The van der Waals surface area contributed by atoms with Crippen molar-refractivity contribution in [2.75, 3.05) is 11.4 Å². The van der Waals surface area contributed by atoms with Crippen LogP contribution in [-0.4, -0.2) is 12.5 Å². The third kappa shape index (κ3) is 2.33. The molecular weight excluding hydrogens is 328 g/mol. The third-order valence-corrected chi connectivity index (χ3v) is 4.71. The van der Waals surface area contributed by atoms with E-state index in [0.29, 0.717) is 0 Å². The number of primary amides is 1. The minimum atomic E-state index is -0.741. The first-order chi connectivity index (χ1) is 10.1. The summed E-state index contributed by atoms with van der Waals surface area (Å²) in [6.45, 7) is 0.833. The zero-order valence-electron chi connectivity index (χ0n) is 11.6. The van der Waals surface area contributed by atoms with Crippen molar-refractivity contribution in [2.24, 2.45) is 5.73 Å². The second-order valence-corrected chi connectivity index (χ2v) is 6.24. The van der Waals surface area contributed by atoms with Gasteiger partial charge >= 0.3 is 0 Å². The lowest BCUT2D eigenvalue weighted by Crippen LogP contribution is -2.51. The van der Waals surface area contributed by atoms with E-state index in [9.17, 15) is 4.79 Å². The number of nitrogens with two attached hydrogens (primary N) is 1. The molecule has 1 amide bonds. The Morgan fingerprint density at radius 1 is 1.10 bits per heavy atom. The largest absolute Gasteiger partial charge is 0.367 e. The number of benzene rings is 2. The molecule has 1 atom stereocenters. The molecule has 1 fully saturated rings. The summed E-state index contributed by atoms with van der Waals surface area (Å²) in [6.07, 6.45) is 1.70. The van der Waals surface area contributed by atoms with Gasteiger partial charge in [-0.3, -0.25) is 4.79 Å². The van der Waals surface area contributed by atoms with E-state index in [1.54, 1.807) is 0 Å². The van der Waals surface area contributed by atoms with Gasteiger partial charge in [0.15, 0.2) is 0 Å². The molecule has 3 nitrogen and oxygen atoms in total. The summed E-state index contributed by atoms with van der Waals surface area (Å²) in [5, 5.41) is 0. The van der Waals surface area contributed by atoms with E-state index in [1.807, 2.05) is 54.6 Å². The fraction of sp³-hybridized carbons (Fsp3) is 0.235. The van der Waals surface area contributed by atoms with Gasteiger partial charge in [0, 0.05) is 16.7 Å². The summed E-state index contributed by atoms with van der Waals surface area (Å²) in [5.41, 5.74) is 7.09. The minimum Gasteiger partial charge on any atom is -0.367 e. The van der Waals surface area contributed by atoms with Gasteiger partial charge < -0.3 is 10.6 Å². The Labute approximate surface area is 132 Å². The second-order valence-electron chi connectivity index (χ2n) is 5.32. The van der Waals surface area contributed by atoms with Crippen molar-refractivity contribution in [1.29, 1.82) is 0 Å². The maximum absolute atomic E-state index is 12.3. The van der Waals surface area contributed by atoms with Crippen molar-refractivity contribution in [2.45, 2.75) is 18.4 Å². The summed E-state index contributed by atoms with van der Waals surface area (Å²) in [4.78, 5) is 14.5. The average molecular weight is 345 g/mol. The van der Waals surface area contributed by atoms with E-state index >= 15 is 0 Å². The molecule has 1 saturated heterocycles. The van der Waals surface area contributed by atoms with Crippen LogP contribution in [-0.2, 0) is 10.3 Å². The number of carbonyl (C=O) groups excluding carboxylic acids is 1. The predicted molar refractivity (Wildman–Crippen MR) is 88.0 cm³/mol. The summed E-state index contributed by atoms with van der Waals surface area (Å²) in [6, 6.07) is 17.9. The van der Waals surface area contributed by atoms with Gasteiger partial charge in [0.2, 0.25) is 5.91 Å². The minimum absolute atomic E-state index is 0.283. The first kappa shape index (κ1) is 14.1. The lowest BCUT2D eigenvalue weighted by molar-refractivity contribution is -0.123. The topological polar surface area (TPSA) is 46.3 Å². The fourth-order valence-electron chi connectivity index (χ4n) is 3.20. The van der Waals surface area contributed by atoms with Crippen molar-refractivity contribution >= 4 is 27.5 Å². The van der Waals surface area contributed by atoms with Gasteiger partial charge in [0.25, 0.3) is 0 Å². The van der Waals surface area contributed by atoms with Crippen LogP contribution in [0.3, 0.4) is 0 Å². The Hall–Kier alpha value is -1.81. The van der Waals surface area contributed by atoms with Crippen LogP contribution in [0.15, 0.2) is 59.1 Å². The summed E-state index contributed by atoms with van der Waals surface area (Å²) >= 11 is 3.45. The van der Waals surface area contributed by atoms with Gasteiger partial charge in [0.1, 0.15) is 5.54 Å². The van der Waals surface area contributed by atoms with E-state index in [0.717, 1.165) is 35.1 Å². The second kappa shape index (κ2) is 5.53. The van der Waals surface area contributed by atoms with Crippen LogP contribution in [0.2, 0.25) is 0 Å². The molecule has 1 heterocycles. The van der Waals surface area contributed by atoms with E-state index in [4.69, 9.17) is 5.73 Å². The summed E-state index contributed by atoms with van der Waals surface area (Å²) < 4.78 is 1.02. The highest BCUT2D eigenvalue weighted by Crippen LogP contribution is 2.42. The molecule has 0 bridgehead atoms. The molecule has 0 radical (unpaired) electrons. The van der Waals surface area contributed by atoms with Crippen LogP contribution >= 0.6 is 15.9 Å². The van der Waals surface area contributed by atoms with E-state index < -0.39 is 5.54 Å². The molecule has 4 heteroatoms. The van der Waals surface area contributed by atoms with Crippen LogP contribution in [0.5, 0.6) is 0 Å². The lowest BCUT2D eigenvalue weighted by atomic mass is 9.86. The molecule has 3 rings (SSSR count). The SMILES string of the molecule is NC(=O)C1(c2ccccc2)CCCN1c1ccc(Br)cc1. The zero-order valence-corrected chi connectivity index (χ0v) is 13.2. The number of nitrogens with zero attached hydrogens (tertiary/aromatic N) is 1. The highest BCUT2D eigenvalue weighted by atomic mass is 79.9. The normalized spacial score (nSPS) is 21.5. The van der Waals surface area contributed by atoms with Crippen molar-refractivity contribution in [3.63, 3.8) is 0 Å². The number of rotatable bonds is 3. The van der Waals surface area contributed by atoms with Gasteiger partial charge in [0.05, 0.1) is 0 Å². The van der Waals surface area contributed by atoms with Crippen LogP contribution in [0, 0.1) is 0 Å². The average Bonchev–Trinajstić information content (AvgIpc) is 2.95. The number of amides is 1. The lowest BCUT2D eigenvalue weighted by Gasteiger charge is -2.38. The van der Waals surface area contributed by atoms with E-state index in [1.165, 1.54) is 0 Å². The maximum atomic E-state index is 12.3. The van der Waals surface area contributed by atoms with Gasteiger partial charge in [-0.15, -0.1) is 0 Å². The number of hydrogen-bond acceptors (Lipinski definition) is 2. The highest BCUT2D eigenvalue weighted by molar-refractivity contribution is 9.10. The summed E-state index contributed by atoms with van der Waals surface area (Å²) in [5.74, 6) is -0.283. The van der Waals surface area contributed by atoms with Crippen molar-refractivity contribution < 1.29 is 4.79 Å². The quantitative estimate of drug-likeness (QED) is 0.926. The smallest absolute Gasteiger partial charge is 0.247 e. The predicted octanol–water partition coefficient (Wildman–Crippen LogP) is 3.43. The first-order valence-corrected chi connectivity index (χ1v) is 7.82. The molecule has 0 saturated carbocycles. The Balaban J connectivity index is 2.11. The molecule has 0 aliphatic carbocycles. The van der Waals surface area contributed by atoms with Gasteiger partial charge in [-0.2, -0.15) is 0 Å². The summed E-state index contributed by atoms with van der Waals surface area (Å²) in [7, 11) is 0. The zero-order chi connectivity index (χ0) is 14.9. The van der Waals surface area contributed by atoms with E-state index in [2.05, 4.69) is 20.8 Å². The van der Waals surface area contributed by atoms with Gasteiger partial charge in [-0.1, -0.05) is 46.3 Å². The Morgan fingerprint density at radius 2 is 1.76 bits per heavy atom. The maximum Gasteiger partial charge on any atom is 0.247 e. The molecule has 1 aliphatic rings. The van der Waals surface area contributed by atoms with Gasteiger partial charge in [-0.05, 0) is 42.7 Å². The standard InChI is InChI=1S/C17H17BrN2O/c18-14-7-9-15(10-8-14)20-12-4-11-17(20,16(19)21)13-5-2-1-3-6-13/h1-3,5-10H,4,11-12H2,(H2,19,21). The van der Waals surface area contributed by atoms with Crippen molar-refractivity contribution in [1.82, 2.24) is 0 Å². The van der Waals surface area contributed by atoms with E-state index in [-0.39, 0.29) is 5.91 Å². The number of halogens is 1. The van der Waals surface area contributed by atoms with Crippen LogP contribution in [0.25, 0.3) is 0 Å². The molecule has 0 aromatic heterocycles. The molecule has 1 unspecified atom stereocenters. The van der Waals surface area contributed by atoms with Crippen molar-refractivity contribution in [3.05, 3.63) is 64.6 Å². The molecular formula is C17H17BrN2O. The van der Waals surface area contributed by atoms with Crippen LogP contribution in [0.1, 0.15) is 18.4 Å². The molecule has 1 aliphatic heterocycles. The fourth-order valence-corrected chi connectivity index (χ4v) is 3.47. The molecule has 21 heavy (non-hydrogen) atoms. The third-order valence-electron chi connectivity index (χ3n) is 4.18. The molecule has 2 N–H and O–H groups in total. The Bertz CT molecular complexity index is 642. The Morgan fingerprint density at radius 3 is 2.38 bits per heavy atom. The van der Waals surface area contributed by atoms with Crippen molar-refractivity contribution in [3.8, 4) is 0 Å². The number of hydrogen-bond donors (Lipinski definition) is 1. The monoisotopic (exact) mass is 344 g/mol. The molecule has 2 aromatic carbocycles. The van der Waals surface area contributed by atoms with Crippen LogP contribution in [0.4, 0.5) is 5.69 Å². The van der Waals surface area contributed by atoms with Crippen LogP contribution < -0.4 is 10.6 Å². The molecule has 0 spiro atoms. The number of carbonyl (C=O) groups is 1. The highest BCUT2D eigenvalue weighted by Gasteiger charge is 2.47. The van der Waals surface area contributed by atoms with Gasteiger partial charge in [-0.25, -0.2) is 0 Å².